The highest BCUT2D eigenvalue weighted by atomic mass is 32.2. The van der Waals surface area contributed by atoms with Crippen LogP contribution in [0.15, 0.2) is 16.3 Å². The summed E-state index contributed by atoms with van der Waals surface area (Å²) >= 11 is 1.16. The molecule has 0 bridgehead atoms. The van der Waals surface area contributed by atoms with Gasteiger partial charge in [-0.2, -0.15) is 0 Å². The van der Waals surface area contributed by atoms with E-state index in [0.29, 0.717) is 4.88 Å². The molecule has 2 rings (SSSR count). The van der Waals surface area contributed by atoms with Gasteiger partial charge in [0.1, 0.15) is 4.88 Å². The van der Waals surface area contributed by atoms with Crippen molar-refractivity contribution in [2.45, 2.75) is 4.90 Å². The number of thiophene rings is 1. The fourth-order valence-electron chi connectivity index (χ4n) is 1.20. The Labute approximate surface area is 79.5 Å². The molecule has 0 aliphatic carbocycles. The van der Waals surface area contributed by atoms with Crippen molar-refractivity contribution in [2.75, 3.05) is 12.3 Å². The summed E-state index contributed by atoms with van der Waals surface area (Å²) < 4.78 is 23.0. The second-order valence-electron chi connectivity index (χ2n) is 2.69. The maximum Gasteiger partial charge on any atom is 0.262 e. The maximum absolute atomic E-state index is 11.5. The fraction of sp³-hybridized carbons (Fsp3) is 0.286. The molecule has 1 aliphatic heterocycles. The first-order valence-electron chi connectivity index (χ1n) is 3.70. The number of sulfone groups is 1. The van der Waals surface area contributed by atoms with Crippen LogP contribution in [0.4, 0.5) is 0 Å². The van der Waals surface area contributed by atoms with Crippen molar-refractivity contribution in [2.24, 2.45) is 0 Å². The summed E-state index contributed by atoms with van der Waals surface area (Å²) in [5.41, 5.74) is 0. The summed E-state index contributed by atoms with van der Waals surface area (Å²) in [6, 6.07) is 1.49. The predicted molar refractivity (Wildman–Crippen MR) is 48.7 cm³/mol. The van der Waals surface area contributed by atoms with Crippen LogP contribution in [0.2, 0.25) is 0 Å². The van der Waals surface area contributed by atoms with Crippen LogP contribution >= 0.6 is 11.3 Å². The largest absolute Gasteiger partial charge is 0.350 e. The molecular formula is C7H7NO3S2. The van der Waals surface area contributed by atoms with Gasteiger partial charge in [-0.05, 0) is 11.4 Å². The van der Waals surface area contributed by atoms with Gasteiger partial charge in [-0.15, -0.1) is 11.3 Å². The summed E-state index contributed by atoms with van der Waals surface area (Å²) in [6.45, 7) is 0.197. The lowest BCUT2D eigenvalue weighted by Gasteiger charge is -1.95. The Hall–Kier alpha value is -0.880. The molecule has 0 aromatic carbocycles. The van der Waals surface area contributed by atoms with E-state index in [1.165, 1.54) is 6.07 Å². The maximum atomic E-state index is 11.5. The van der Waals surface area contributed by atoms with E-state index in [1.807, 2.05) is 0 Å². The standard InChI is InChI=1S/C7H7NO3S2/c9-7-6-5(1-3-12-6)13(10,11)4-2-8-7/h1,3H,2,4H2,(H,8,9). The van der Waals surface area contributed by atoms with Gasteiger partial charge in [-0.3, -0.25) is 4.79 Å². The van der Waals surface area contributed by atoms with Crippen molar-refractivity contribution in [3.63, 3.8) is 0 Å². The summed E-state index contributed by atoms with van der Waals surface area (Å²) in [4.78, 5) is 11.8. The van der Waals surface area contributed by atoms with Gasteiger partial charge < -0.3 is 5.32 Å². The van der Waals surface area contributed by atoms with Gasteiger partial charge in [-0.25, -0.2) is 8.42 Å². The zero-order chi connectivity index (χ0) is 9.47. The van der Waals surface area contributed by atoms with Crippen molar-refractivity contribution < 1.29 is 13.2 Å². The SMILES string of the molecule is O=C1NCCS(=O)(=O)c2ccsc21. The molecule has 0 saturated carbocycles. The quantitative estimate of drug-likeness (QED) is 0.678. The first-order chi connectivity index (χ1) is 6.11. The third-order valence-electron chi connectivity index (χ3n) is 1.83. The Morgan fingerprint density at radius 3 is 3.00 bits per heavy atom. The number of hydrogen-bond acceptors (Lipinski definition) is 4. The Morgan fingerprint density at radius 2 is 2.23 bits per heavy atom. The second kappa shape index (κ2) is 2.81. The molecule has 0 spiro atoms. The van der Waals surface area contributed by atoms with Gasteiger partial charge in [0.2, 0.25) is 0 Å². The Morgan fingerprint density at radius 1 is 1.46 bits per heavy atom. The molecule has 70 valence electrons. The summed E-state index contributed by atoms with van der Waals surface area (Å²) in [5.74, 6) is -0.297. The first kappa shape index (κ1) is 8.71. The van der Waals surface area contributed by atoms with Crippen molar-refractivity contribution in [1.29, 1.82) is 0 Å². The average Bonchev–Trinajstić information content (AvgIpc) is 2.48. The zero-order valence-electron chi connectivity index (χ0n) is 6.61. The number of nitrogens with one attached hydrogen (secondary N) is 1. The van der Waals surface area contributed by atoms with E-state index >= 15 is 0 Å². The van der Waals surface area contributed by atoms with Gasteiger partial charge in [0, 0.05) is 6.54 Å². The molecule has 2 heterocycles. The molecule has 13 heavy (non-hydrogen) atoms. The van der Waals surface area contributed by atoms with Gasteiger partial charge in [-0.1, -0.05) is 0 Å². The fourth-order valence-corrected chi connectivity index (χ4v) is 3.75. The van der Waals surface area contributed by atoms with Gasteiger partial charge >= 0.3 is 0 Å². The second-order valence-corrected chi connectivity index (χ2v) is 5.68. The number of rotatable bonds is 0. The lowest BCUT2D eigenvalue weighted by molar-refractivity contribution is 0.0958. The van der Waals surface area contributed by atoms with E-state index in [9.17, 15) is 13.2 Å². The topological polar surface area (TPSA) is 63.2 Å². The van der Waals surface area contributed by atoms with Gasteiger partial charge in [0.25, 0.3) is 5.91 Å². The minimum absolute atomic E-state index is 0.0114. The normalized spacial score (nSPS) is 20.2. The number of hydrogen-bond donors (Lipinski definition) is 1. The molecule has 4 nitrogen and oxygen atoms in total. The molecule has 1 aliphatic rings. The highest BCUT2D eigenvalue weighted by Gasteiger charge is 2.26. The highest BCUT2D eigenvalue weighted by molar-refractivity contribution is 7.91. The van der Waals surface area contributed by atoms with Crippen LogP contribution in [0.25, 0.3) is 0 Å². The number of fused-ring (bicyclic) bond motifs is 1. The van der Waals surface area contributed by atoms with Crippen molar-refractivity contribution in [3.8, 4) is 0 Å². The molecule has 0 unspecified atom stereocenters. The number of carbonyl (C=O) groups is 1. The van der Waals surface area contributed by atoms with Gasteiger partial charge in [0.05, 0.1) is 10.6 Å². The number of amides is 1. The van der Waals surface area contributed by atoms with E-state index in [-0.39, 0.29) is 23.1 Å². The average molecular weight is 217 g/mol. The van der Waals surface area contributed by atoms with Crippen molar-refractivity contribution >= 4 is 27.1 Å². The predicted octanol–water partition coefficient (Wildman–Crippen LogP) is 0.265. The highest BCUT2D eigenvalue weighted by Crippen LogP contribution is 2.24. The monoisotopic (exact) mass is 217 g/mol. The number of carbonyl (C=O) groups excluding carboxylic acids is 1. The minimum atomic E-state index is -3.24. The molecule has 0 fully saturated rings. The summed E-state index contributed by atoms with van der Waals surface area (Å²) in [5, 5.41) is 4.15. The van der Waals surface area contributed by atoms with Crippen LogP contribution in [0, 0.1) is 0 Å². The van der Waals surface area contributed by atoms with Crippen LogP contribution in [0.1, 0.15) is 9.67 Å². The van der Waals surface area contributed by atoms with Crippen molar-refractivity contribution in [1.82, 2.24) is 5.32 Å². The third kappa shape index (κ3) is 1.36. The molecule has 0 radical (unpaired) electrons. The van der Waals surface area contributed by atoms with Gasteiger partial charge in [0.15, 0.2) is 9.84 Å². The lowest BCUT2D eigenvalue weighted by Crippen LogP contribution is -2.24. The molecule has 0 atom stereocenters. The van der Waals surface area contributed by atoms with Crippen LogP contribution < -0.4 is 5.32 Å². The summed E-state index contributed by atoms with van der Waals surface area (Å²) in [6.07, 6.45) is 0. The van der Waals surface area contributed by atoms with E-state index in [2.05, 4.69) is 5.32 Å². The molecule has 0 saturated heterocycles. The third-order valence-corrected chi connectivity index (χ3v) is 4.62. The molecular weight excluding hydrogens is 210 g/mol. The Balaban J connectivity index is 2.67. The van der Waals surface area contributed by atoms with Crippen LogP contribution in [-0.2, 0) is 9.84 Å². The molecule has 6 heteroatoms. The van der Waals surface area contributed by atoms with Crippen LogP contribution in [-0.4, -0.2) is 26.6 Å². The molecule has 1 aromatic heterocycles. The first-order valence-corrected chi connectivity index (χ1v) is 6.23. The van der Waals surface area contributed by atoms with E-state index < -0.39 is 9.84 Å². The minimum Gasteiger partial charge on any atom is -0.350 e. The smallest absolute Gasteiger partial charge is 0.262 e. The molecule has 1 N–H and O–H groups in total. The summed E-state index contributed by atoms with van der Waals surface area (Å²) in [7, 11) is -3.24. The van der Waals surface area contributed by atoms with Crippen molar-refractivity contribution in [3.05, 3.63) is 16.3 Å². The molecule has 1 aromatic rings. The van der Waals surface area contributed by atoms with Crippen LogP contribution in [0.5, 0.6) is 0 Å². The Kier molecular flexibility index (Phi) is 1.88. The zero-order valence-corrected chi connectivity index (χ0v) is 8.24. The van der Waals surface area contributed by atoms with E-state index in [4.69, 9.17) is 0 Å². The Bertz CT molecular complexity index is 446. The molecule has 1 amide bonds. The lowest BCUT2D eigenvalue weighted by atomic mass is 10.4. The van der Waals surface area contributed by atoms with Crippen LogP contribution in [0.3, 0.4) is 0 Å². The van der Waals surface area contributed by atoms with E-state index in [0.717, 1.165) is 11.3 Å². The van der Waals surface area contributed by atoms with E-state index in [1.54, 1.807) is 5.38 Å².